The fourth-order valence-corrected chi connectivity index (χ4v) is 1.24. The predicted molar refractivity (Wildman–Crippen MR) is 57.2 cm³/mol. The van der Waals surface area contributed by atoms with E-state index >= 15 is 0 Å². The van der Waals surface area contributed by atoms with E-state index in [2.05, 4.69) is 10.4 Å². The van der Waals surface area contributed by atoms with Crippen molar-refractivity contribution in [3.63, 3.8) is 0 Å². The number of hydrogen-bond acceptors (Lipinski definition) is 3. The minimum Gasteiger partial charge on any atom is -0.480 e. The first-order valence-corrected chi connectivity index (χ1v) is 5.12. The average molecular weight is 225 g/mol. The summed E-state index contributed by atoms with van der Waals surface area (Å²) < 4.78 is 1.20. The summed E-state index contributed by atoms with van der Waals surface area (Å²) >= 11 is 0. The summed E-state index contributed by atoms with van der Waals surface area (Å²) in [5.74, 6) is -1.32. The zero-order valence-corrected chi connectivity index (χ0v) is 9.30. The number of nitrogens with one attached hydrogen (secondary N) is 1. The Hall–Kier alpha value is -1.85. The van der Waals surface area contributed by atoms with Crippen LogP contribution in [0.3, 0.4) is 0 Å². The highest BCUT2D eigenvalue weighted by atomic mass is 16.4. The van der Waals surface area contributed by atoms with Crippen LogP contribution in [0.2, 0.25) is 0 Å². The van der Waals surface area contributed by atoms with Gasteiger partial charge in [0.2, 0.25) is 0 Å². The molecule has 0 fully saturated rings. The van der Waals surface area contributed by atoms with Crippen molar-refractivity contribution in [1.82, 2.24) is 15.1 Å². The Morgan fingerprint density at radius 1 is 1.62 bits per heavy atom. The lowest BCUT2D eigenvalue weighted by atomic mass is 10.3. The Morgan fingerprint density at radius 3 is 2.88 bits per heavy atom. The largest absolute Gasteiger partial charge is 0.480 e. The van der Waals surface area contributed by atoms with Crippen molar-refractivity contribution in [1.29, 1.82) is 0 Å². The number of carbonyl (C=O) groups is 2. The van der Waals surface area contributed by atoms with E-state index in [1.807, 2.05) is 6.92 Å². The highest BCUT2D eigenvalue weighted by Crippen LogP contribution is 2.08. The van der Waals surface area contributed by atoms with Crippen LogP contribution in [0.5, 0.6) is 0 Å². The van der Waals surface area contributed by atoms with Crippen molar-refractivity contribution in [2.75, 3.05) is 6.54 Å². The summed E-state index contributed by atoms with van der Waals surface area (Å²) in [6.45, 7) is 3.98. The van der Waals surface area contributed by atoms with E-state index in [4.69, 9.17) is 5.11 Å². The standard InChI is InChI=1S/C10H15N3O3/c1-3-5-11-9(14)8-4-6-12-13(8)7(2)10(15)16/h4,6-7H,3,5H2,1-2H3,(H,11,14)(H,15,16). The molecule has 0 aliphatic carbocycles. The molecule has 16 heavy (non-hydrogen) atoms. The van der Waals surface area contributed by atoms with Crippen LogP contribution in [-0.2, 0) is 4.79 Å². The maximum Gasteiger partial charge on any atom is 0.328 e. The van der Waals surface area contributed by atoms with E-state index < -0.39 is 12.0 Å². The number of carboxylic acids is 1. The van der Waals surface area contributed by atoms with Crippen molar-refractivity contribution in [3.8, 4) is 0 Å². The molecule has 0 saturated carbocycles. The van der Waals surface area contributed by atoms with Gasteiger partial charge < -0.3 is 10.4 Å². The molecule has 6 nitrogen and oxygen atoms in total. The summed E-state index contributed by atoms with van der Waals surface area (Å²) in [5, 5.41) is 15.4. The second kappa shape index (κ2) is 5.29. The number of carboxylic acid groups (broad SMARTS) is 1. The minimum absolute atomic E-state index is 0.267. The fraction of sp³-hybridized carbons (Fsp3) is 0.500. The van der Waals surface area contributed by atoms with Crippen molar-refractivity contribution < 1.29 is 14.7 Å². The first-order chi connectivity index (χ1) is 7.57. The lowest BCUT2D eigenvalue weighted by Gasteiger charge is -2.11. The van der Waals surface area contributed by atoms with Crippen molar-refractivity contribution in [3.05, 3.63) is 18.0 Å². The van der Waals surface area contributed by atoms with Crippen LogP contribution in [0.1, 0.15) is 36.8 Å². The molecule has 1 aromatic heterocycles. The maximum atomic E-state index is 11.6. The van der Waals surface area contributed by atoms with E-state index in [0.717, 1.165) is 6.42 Å². The Bertz CT molecular complexity index is 386. The predicted octanol–water partition coefficient (Wildman–Crippen LogP) is 0.669. The molecule has 0 aromatic carbocycles. The Labute approximate surface area is 93.3 Å². The van der Waals surface area contributed by atoms with Crippen LogP contribution in [0.25, 0.3) is 0 Å². The highest BCUT2D eigenvalue weighted by molar-refractivity contribution is 5.93. The van der Waals surface area contributed by atoms with Gasteiger partial charge in [0, 0.05) is 12.7 Å². The molecule has 1 aromatic rings. The van der Waals surface area contributed by atoms with Crippen molar-refractivity contribution in [2.24, 2.45) is 0 Å². The van der Waals surface area contributed by atoms with Crippen LogP contribution in [-0.4, -0.2) is 33.3 Å². The lowest BCUT2D eigenvalue weighted by Crippen LogP contribution is -2.29. The fourth-order valence-electron chi connectivity index (χ4n) is 1.24. The van der Waals surface area contributed by atoms with Crippen LogP contribution in [0.15, 0.2) is 12.3 Å². The first-order valence-electron chi connectivity index (χ1n) is 5.12. The number of hydrogen-bond donors (Lipinski definition) is 2. The Kier molecular flexibility index (Phi) is 4.04. The maximum absolute atomic E-state index is 11.6. The molecule has 1 heterocycles. The molecular weight excluding hydrogens is 210 g/mol. The van der Waals surface area contributed by atoms with Gasteiger partial charge in [-0.2, -0.15) is 5.10 Å². The second-order valence-corrected chi connectivity index (χ2v) is 3.43. The van der Waals surface area contributed by atoms with E-state index in [-0.39, 0.29) is 11.6 Å². The van der Waals surface area contributed by atoms with Crippen LogP contribution < -0.4 is 5.32 Å². The zero-order valence-electron chi connectivity index (χ0n) is 9.30. The Balaban J connectivity index is 2.85. The average Bonchev–Trinajstić information content (AvgIpc) is 2.73. The first kappa shape index (κ1) is 12.2. The molecule has 0 aliphatic heterocycles. The minimum atomic E-state index is -1.02. The number of aliphatic carboxylic acids is 1. The van der Waals surface area contributed by atoms with E-state index in [1.54, 1.807) is 0 Å². The lowest BCUT2D eigenvalue weighted by molar-refractivity contribution is -0.140. The van der Waals surface area contributed by atoms with E-state index in [1.165, 1.54) is 23.9 Å². The van der Waals surface area contributed by atoms with Crippen molar-refractivity contribution in [2.45, 2.75) is 26.3 Å². The Morgan fingerprint density at radius 2 is 2.31 bits per heavy atom. The monoisotopic (exact) mass is 225 g/mol. The number of carbonyl (C=O) groups excluding carboxylic acids is 1. The molecule has 1 amide bonds. The third-order valence-electron chi connectivity index (χ3n) is 2.16. The summed E-state index contributed by atoms with van der Waals surface area (Å²) in [6.07, 6.45) is 2.24. The SMILES string of the molecule is CCCNC(=O)c1ccnn1C(C)C(=O)O. The highest BCUT2D eigenvalue weighted by Gasteiger charge is 2.20. The normalized spacial score (nSPS) is 12.1. The summed E-state index contributed by atoms with van der Waals surface area (Å²) in [7, 11) is 0. The molecular formula is C10H15N3O3. The summed E-state index contributed by atoms with van der Waals surface area (Å²) in [4.78, 5) is 22.4. The number of nitrogens with zero attached hydrogens (tertiary/aromatic N) is 2. The van der Waals surface area contributed by atoms with Gasteiger partial charge in [0.15, 0.2) is 0 Å². The van der Waals surface area contributed by atoms with Gasteiger partial charge in [-0.3, -0.25) is 4.79 Å². The molecule has 1 unspecified atom stereocenters. The number of amides is 1. The molecule has 88 valence electrons. The second-order valence-electron chi connectivity index (χ2n) is 3.43. The van der Waals surface area contributed by atoms with Gasteiger partial charge in [-0.1, -0.05) is 6.92 Å². The third kappa shape index (κ3) is 2.59. The van der Waals surface area contributed by atoms with Crippen LogP contribution >= 0.6 is 0 Å². The molecule has 6 heteroatoms. The van der Waals surface area contributed by atoms with Gasteiger partial charge in [-0.25, -0.2) is 9.48 Å². The molecule has 0 spiro atoms. The molecule has 0 radical (unpaired) electrons. The van der Waals surface area contributed by atoms with E-state index in [9.17, 15) is 9.59 Å². The zero-order chi connectivity index (χ0) is 12.1. The van der Waals surface area contributed by atoms with Crippen LogP contribution in [0.4, 0.5) is 0 Å². The quantitative estimate of drug-likeness (QED) is 0.771. The summed E-state index contributed by atoms with van der Waals surface area (Å²) in [6, 6.07) is 0.655. The number of aromatic nitrogens is 2. The molecule has 0 bridgehead atoms. The number of rotatable bonds is 5. The van der Waals surface area contributed by atoms with Gasteiger partial charge in [0.25, 0.3) is 5.91 Å². The van der Waals surface area contributed by atoms with Gasteiger partial charge in [0.05, 0.1) is 0 Å². The van der Waals surface area contributed by atoms with E-state index in [0.29, 0.717) is 6.54 Å². The van der Waals surface area contributed by atoms with Crippen molar-refractivity contribution >= 4 is 11.9 Å². The van der Waals surface area contributed by atoms with Gasteiger partial charge >= 0.3 is 5.97 Å². The molecule has 2 N–H and O–H groups in total. The smallest absolute Gasteiger partial charge is 0.328 e. The topological polar surface area (TPSA) is 84.2 Å². The molecule has 0 saturated heterocycles. The van der Waals surface area contributed by atoms with Gasteiger partial charge in [0.1, 0.15) is 11.7 Å². The van der Waals surface area contributed by atoms with Gasteiger partial charge in [-0.15, -0.1) is 0 Å². The van der Waals surface area contributed by atoms with Crippen LogP contribution in [0, 0.1) is 0 Å². The third-order valence-corrected chi connectivity index (χ3v) is 2.16. The van der Waals surface area contributed by atoms with Gasteiger partial charge in [-0.05, 0) is 19.4 Å². The molecule has 1 rings (SSSR count). The molecule has 0 aliphatic rings. The summed E-state index contributed by atoms with van der Waals surface area (Å²) in [5.41, 5.74) is 0.267. The molecule has 1 atom stereocenters.